The van der Waals surface area contributed by atoms with E-state index >= 15 is 0 Å². The maximum absolute atomic E-state index is 11.8. The van der Waals surface area contributed by atoms with Gasteiger partial charge in [-0.25, -0.2) is 0 Å². The molecule has 0 unspecified atom stereocenters. The zero-order valence-electron chi connectivity index (χ0n) is 8.17. The summed E-state index contributed by atoms with van der Waals surface area (Å²) in [6, 6.07) is 2.02. The Balaban J connectivity index is 2.34. The molecule has 1 saturated heterocycles. The highest BCUT2D eigenvalue weighted by atomic mass is 127. The molecule has 1 aliphatic rings. The van der Waals surface area contributed by atoms with Gasteiger partial charge in [-0.15, -0.1) is 0 Å². The van der Waals surface area contributed by atoms with Crippen LogP contribution in [0.25, 0.3) is 0 Å². The monoisotopic (exact) mass is 382 g/mol. The Morgan fingerprint density at radius 3 is 2.80 bits per heavy atom. The summed E-state index contributed by atoms with van der Waals surface area (Å²) in [6.07, 6.45) is 4.03. The van der Waals surface area contributed by atoms with Gasteiger partial charge in [0, 0.05) is 26.3 Å². The molecule has 0 saturated carbocycles. The van der Waals surface area contributed by atoms with Gasteiger partial charge in [0.1, 0.15) is 0 Å². The van der Waals surface area contributed by atoms with Crippen molar-refractivity contribution in [1.82, 2.24) is 9.88 Å². The molecular weight excluding hydrogens is 371 g/mol. The van der Waals surface area contributed by atoms with E-state index in [2.05, 4.69) is 43.8 Å². The first-order chi connectivity index (χ1) is 7.18. The molecule has 0 aromatic carbocycles. The molecule has 2 rings (SSSR count). The zero-order chi connectivity index (χ0) is 10.8. The van der Waals surface area contributed by atoms with Crippen molar-refractivity contribution in [3.63, 3.8) is 0 Å². The number of hydrogen-bond acceptors (Lipinski definition) is 2. The second-order valence-corrected chi connectivity index (χ2v) is 5.71. The van der Waals surface area contributed by atoms with E-state index in [1.54, 1.807) is 6.07 Å². The van der Waals surface area contributed by atoms with Crippen LogP contribution in [-0.4, -0.2) is 17.7 Å². The Bertz CT molecular complexity index is 412. The number of piperidine rings is 1. The zero-order valence-corrected chi connectivity index (χ0v) is 11.9. The van der Waals surface area contributed by atoms with E-state index in [9.17, 15) is 4.79 Å². The first-order valence-electron chi connectivity index (χ1n) is 4.96. The van der Waals surface area contributed by atoms with Crippen LogP contribution in [0.1, 0.15) is 18.9 Å². The van der Waals surface area contributed by atoms with Crippen molar-refractivity contribution in [3.8, 4) is 0 Å². The molecule has 3 nitrogen and oxygen atoms in total. The summed E-state index contributed by atoms with van der Waals surface area (Å²) in [7, 11) is 0. The minimum Gasteiger partial charge on any atom is -0.317 e. The largest absolute Gasteiger partial charge is 0.317 e. The predicted molar refractivity (Wildman–Crippen MR) is 72.3 cm³/mol. The summed E-state index contributed by atoms with van der Waals surface area (Å²) in [5.74, 6) is 0. The van der Waals surface area contributed by atoms with Crippen LogP contribution in [0.3, 0.4) is 0 Å². The smallest absolute Gasteiger partial charge is 0.251 e. The normalized spacial score (nSPS) is 18.0. The van der Waals surface area contributed by atoms with Crippen LogP contribution in [0.5, 0.6) is 0 Å². The standard InChI is InChI=1S/C10H12BrIN2O/c11-8-5-10(15)14(6-9(8)12)7-1-3-13-4-2-7/h5-7,13H,1-4H2. The van der Waals surface area contributed by atoms with Gasteiger partial charge in [-0.1, -0.05) is 0 Å². The molecule has 5 heteroatoms. The summed E-state index contributed by atoms with van der Waals surface area (Å²) < 4.78 is 3.84. The number of hydrogen-bond donors (Lipinski definition) is 1. The lowest BCUT2D eigenvalue weighted by atomic mass is 10.1. The molecule has 82 valence electrons. The number of pyridine rings is 1. The molecule has 0 atom stereocenters. The van der Waals surface area contributed by atoms with Gasteiger partial charge in [-0.2, -0.15) is 0 Å². The molecule has 0 bridgehead atoms. The Kier molecular flexibility index (Phi) is 3.84. The summed E-state index contributed by atoms with van der Waals surface area (Å²) in [5, 5.41) is 3.30. The van der Waals surface area contributed by atoms with Gasteiger partial charge in [0.2, 0.25) is 0 Å². The molecule has 0 amide bonds. The number of aromatic nitrogens is 1. The molecule has 2 heterocycles. The van der Waals surface area contributed by atoms with Crippen molar-refractivity contribution in [1.29, 1.82) is 0 Å². The van der Waals surface area contributed by atoms with E-state index in [1.807, 2.05) is 10.8 Å². The molecular formula is C10H12BrIN2O. The third kappa shape index (κ3) is 2.62. The van der Waals surface area contributed by atoms with Gasteiger partial charge in [0.25, 0.3) is 5.56 Å². The minimum atomic E-state index is 0.0918. The first kappa shape index (κ1) is 11.6. The topological polar surface area (TPSA) is 34.0 Å². The van der Waals surface area contributed by atoms with E-state index in [1.165, 1.54) is 0 Å². The average Bonchev–Trinajstić information content (AvgIpc) is 2.25. The average molecular weight is 383 g/mol. The fourth-order valence-electron chi connectivity index (χ4n) is 1.87. The van der Waals surface area contributed by atoms with Crippen molar-refractivity contribution in [2.45, 2.75) is 18.9 Å². The second-order valence-electron chi connectivity index (χ2n) is 3.70. The van der Waals surface area contributed by atoms with E-state index < -0.39 is 0 Å². The Morgan fingerprint density at radius 2 is 2.13 bits per heavy atom. The number of nitrogens with one attached hydrogen (secondary N) is 1. The highest BCUT2D eigenvalue weighted by Crippen LogP contribution is 2.21. The second kappa shape index (κ2) is 4.97. The van der Waals surface area contributed by atoms with Crippen molar-refractivity contribution in [3.05, 3.63) is 30.7 Å². The van der Waals surface area contributed by atoms with Crippen LogP contribution in [-0.2, 0) is 0 Å². The maximum Gasteiger partial charge on any atom is 0.251 e. The summed E-state index contributed by atoms with van der Waals surface area (Å²) in [5.41, 5.74) is 0.0918. The van der Waals surface area contributed by atoms with Gasteiger partial charge in [0.05, 0.1) is 0 Å². The highest BCUT2D eigenvalue weighted by molar-refractivity contribution is 14.1. The quantitative estimate of drug-likeness (QED) is 0.755. The SMILES string of the molecule is O=c1cc(Br)c(I)cn1C1CCNCC1. The van der Waals surface area contributed by atoms with Gasteiger partial charge in [0.15, 0.2) is 0 Å². The molecule has 1 aliphatic heterocycles. The van der Waals surface area contributed by atoms with Gasteiger partial charge >= 0.3 is 0 Å². The predicted octanol–water partition coefficient (Wildman–Crippen LogP) is 2.14. The van der Waals surface area contributed by atoms with E-state index in [-0.39, 0.29) is 5.56 Å². The Labute approximate surface area is 111 Å². The lowest BCUT2D eigenvalue weighted by Crippen LogP contribution is -2.34. The van der Waals surface area contributed by atoms with E-state index in [0.29, 0.717) is 6.04 Å². The summed E-state index contributed by atoms with van der Waals surface area (Å²) in [6.45, 7) is 2.01. The van der Waals surface area contributed by atoms with Gasteiger partial charge in [-0.05, 0) is 64.5 Å². The van der Waals surface area contributed by atoms with E-state index in [4.69, 9.17) is 0 Å². The lowest BCUT2D eigenvalue weighted by molar-refractivity contribution is 0.360. The molecule has 15 heavy (non-hydrogen) atoms. The Hall–Kier alpha value is 0.120. The van der Waals surface area contributed by atoms with Crippen molar-refractivity contribution in [2.24, 2.45) is 0 Å². The Morgan fingerprint density at radius 1 is 1.47 bits per heavy atom. The third-order valence-electron chi connectivity index (χ3n) is 2.69. The van der Waals surface area contributed by atoms with Crippen LogP contribution < -0.4 is 10.9 Å². The lowest BCUT2D eigenvalue weighted by Gasteiger charge is -2.24. The number of rotatable bonds is 1. The van der Waals surface area contributed by atoms with Crippen molar-refractivity contribution < 1.29 is 0 Å². The first-order valence-corrected chi connectivity index (χ1v) is 6.83. The molecule has 0 aliphatic carbocycles. The van der Waals surface area contributed by atoms with Crippen LogP contribution in [0, 0.1) is 3.57 Å². The maximum atomic E-state index is 11.8. The van der Waals surface area contributed by atoms with Gasteiger partial charge < -0.3 is 9.88 Å². The van der Waals surface area contributed by atoms with Crippen molar-refractivity contribution >= 4 is 38.5 Å². The molecule has 0 radical (unpaired) electrons. The summed E-state index contributed by atoms with van der Waals surface area (Å²) in [4.78, 5) is 11.8. The fraction of sp³-hybridized carbons (Fsp3) is 0.500. The molecule has 1 aromatic rings. The van der Waals surface area contributed by atoms with Crippen LogP contribution >= 0.6 is 38.5 Å². The molecule has 1 N–H and O–H groups in total. The van der Waals surface area contributed by atoms with Gasteiger partial charge in [-0.3, -0.25) is 4.79 Å². The number of halogens is 2. The van der Waals surface area contributed by atoms with Crippen LogP contribution in [0.2, 0.25) is 0 Å². The highest BCUT2D eigenvalue weighted by Gasteiger charge is 2.16. The van der Waals surface area contributed by atoms with Crippen LogP contribution in [0.4, 0.5) is 0 Å². The van der Waals surface area contributed by atoms with Crippen LogP contribution in [0.15, 0.2) is 21.5 Å². The fourth-order valence-corrected chi connectivity index (χ4v) is 2.62. The number of nitrogens with zero attached hydrogens (tertiary/aromatic N) is 1. The molecule has 0 spiro atoms. The van der Waals surface area contributed by atoms with Crippen molar-refractivity contribution in [2.75, 3.05) is 13.1 Å². The third-order valence-corrected chi connectivity index (χ3v) is 4.94. The summed E-state index contributed by atoms with van der Waals surface area (Å²) >= 11 is 5.61. The molecule has 1 aromatic heterocycles. The van der Waals surface area contributed by atoms with E-state index in [0.717, 1.165) is 34.0 Å². The minimum absolute atomic E-state index is 0.0918. The molecule has 1 fully saturated rings.